The van der Waals surface area contributed by atoms with E-state index in [2.05, 4.69) is 15.9 Å². The highest BCUT2D eigenvalue weighted by Gasteiger charge is 2.30. The Morgan fingerprint density at radius 2 is 1.58 bits per heavy atom. The van der Waals surface area contributed by atoms with E-state index in [0.717, 1.165) is 19.9 Å². The number of rotatable bonds is 9. The Balaban J connectivity index is 1.79. The Labute approximate surface area is 203 Å². The van der Waals surface area contributed by atoms with E-state index in [4.69, 9.17) is 9.47 Å². The molecule has 0 aliphatic carbocycles. The third-order valence-corrected chi connectivity index (χ3v) is 7.36. The zero-order valence-corrected chi connectivity index (χ0v) is 21.1. The molecule has 0 radical (unpaired) electrons. The summed E-state index contributed by atoms with van der Waals surface area (Å²) in [5, 5.41) is 0. The first-order valence-corrected chi connectivity index (χ1v) is 12.6. The van der Waals surface area contributed by atoms with Gasteiger partial charge in [0.05, 0.1) is 28.8 Å². The van der Waals surface area contributed by atoms with Gasteiger partial charge in [-0.3, -0.25) is 4.79 Å². The first-order chi connectivity index (χ1) is 15.7. The van der Waals surface area contributed by atoms with E-state index in [0.29, 0.717) is 17.9 Å². The molecule has 0 aliphatic rings. The summed E-state index contributed by atoms with van der Waals surface area (Å²) in [5.74, 6) is 0.704. The van der Waals surface area contributed by atoms with Crippen LogP contribution in [0, 0.1) is 13.8 Å². The van der Waals surface area contributed by atoms with Crippen LogP contribution in [0.5, 0.6) is 11.5 Å². The molecule has 0 saturated heterocycles. The average molecular weight is 532 g/mol. The van der Waals surface area contributed by atoms with Crippen molar-refractivity contribution in [2.75, 3.05) is 18.0 Å². The molecule has 8 heteroatoms. The predicted octanol–water partition coefficient (Wildman–Crippen LogP) is 5.66. The third kappa shape index (κ3) is 6.15. The van der Waals surface area contributed by atoms with Crippen LogP contribution in [0.25, 0.3) is 0 Å². The maximum Gasteiger partial charge on any atom is 0.270 e. The number of hydrogen-bond acceptors (Lipinski definition) is 5. The molecule has 0 atom stereocenters. The zero-order chi connectivity index (χ0) is 24.0. The van der Waals surface area contributed by atoms with E-state index in [9.17, 15) is 13.2 Å². The van der Waals surface area contributed by atoms with Crippen molar-refractivity contribution in [1.82, 2.24) is 0 Å². The number of hydrogen-bond donors (Lipinski definition) is 0. The highest BCUT2D eigenvalue weighted by atomic mass is 79.9. The summed E-state index contributed by atoms with van der Waals surface area (Å²) in [7, 11) is -2.57. The van der Waals surface area contributed by atoms with Gasteiger partial charge in [-0.15, -0.1) is 0 Å². The molecule has 0 unspecified atom stereocenters. The van der Waals surface area contributed by atoms with Crippen LogP contribution >= 0.6 is 15.9 Å². The number of amides is 1. The first kappa shape index (κ1) is 24.8. The lowest BCUT2D eigenvalue weighted by Gasteiger charge is -2.23. The number of benzene rings is 3. The molecule has 0 spiro atoms. The molecule has 3 rings (SSSR count). The summed E-state index contributed by atoms with van der Waals surface area (Å²) in [4.78, 5) is 13.2. The molecule has 1 amide bonds. The second-order valence-corrected chi connectivity index (χ2v) is 10.2. The van der Waals surface area contributed by atoms with Gasteiger partial charge in [-0.05, 0) is 90.3 Å². The van der Waals surface area contributed by atoms with Crippen LogP contribution < -0.4 is 13.8 Å². The monoisotopic (exact) mass is 531 g/mol. The minimum absolute atomic E-state index is 0.000596. The van der Waals surface area contributed by atoms with Crippen LogP contribution in [0.4, 0.5) is 5.69 Å². The molecule has 0 aliphatic heterocycles. The molecule has 0 aromatic heterocycles. The normalized spacial score (nSPS) is 11.2. The van der Waals surface area contributed by atoms with E-state index >= 15 is 0 Å². The molecule has 0 saturated carbocycles. The Hall–Kier alpha value is -2.84. The number of nitrogens with zero attached hydrogens (tertiary/aromatic N) is 1. The number of carbonyl (C=O) groups excluding carboxylic acids is 1. The molecule has 0 heterocycles. The fourth-order valence-corrected chi connectivity index (χ4v) is 5.24. The third-order valence-electron chi connectivity index (χ3n) is 4.97. The molecule has 0 N–H and O–H groups in total. The van der Waals surface area contributed by atoms with Crippen molar-refractivity contribution in [3.05, 3.63) is 82.3 Å². The van der Waals surface area contributed by atoms with Crippen molar-refractivity contribution in [2.24, 2.45) is 0 Å². The van der Waals surface area contributed by atoms with Gasteiger partial charge in [0.1, 0.15) is 11.5 Å². The van der Waals surface area contributed by atoms with Crippen LogP contribution in [0.2, 0.25) is 0 Å². The minimum Gasteiger partial charge on any atom is -0.497 e. The molecular weight excluding hydrogens is 506 g/mol. The fourth-order valence-electron chi connectivity index (χ4n) is 3.18. The van der Waals surface area contributed by atoms with Gasteiger partial charge in [0.2, 0.25) is 5.91 Å². The van der Waals surface area contributed by atoms with Gasteiger partial charge in [-0.1, -0.05) is 23.8 Å². The van der Waals surface area contributed by atoms with E-state index < -0.39 is 15.9 Å². The summed E-state index contributed by atoms with van der Waals surface area (Å²) in [6, 6.07) is 18.5. The van der Waals surface area contributed by atoms with Crippen LogP contribution in [0.3, 0.4) is 0 Å². The van der Waals surface area contributed by atoms with Gasteiger partial charge in [-0.25, -0.2) is 12.7 Å². The minimum atomic E-state index is -4.10. The zero-order valence-electron chi connectivity index (χ0n) is 18.7. The molecule has 174 valence electrons. The number of ether oxygens (including phenoxy) is 2. The maximum absolute atomic E-state index is 13.4. The Bertz CT molecular complexity index is 1210. The summed E-state index contributed by atoms with van der Waals surface area (Å²) in [6.45, 7) is 4.12. The summed E-state index contributed by atoms with van der Waals surface area (Å²) in [6.07, 6.45) is 0.357. The SMILES string of the molecule is COc1ccc(N(C(=O)CCCOc2ccc(C)cc2Br)S(=O)(=O)c2ccc(C)cc2)cc1. The second-order valence-electron chi connectivity index (χ2n) is 7.56. The molecule has 0 bridgehead atoms. The number of sulfonamides is 1. The van der Waals surface area contributed by atoms with Crippen molar-refractivity contribution in [1.29, 1.82) is 0 Å². The highest BCUT2D eigenvalue weighted by Crippen LogP contribution is 2.28. The lowest BCUT2D eigenvalue weighted by atomic mass is 10.2. The summed E-state index contributed by atoms with van der Waals surface area (Å²) in [5.41, 5.74) is 2.28. The quantitative estimate of drug-likeness (QED) is 0.333. The number of methoxy groups -OCH3 is 1. The van der Waals surface area contributed by atoms with Gasteiger partial charge < -0.3 is 9.47 Å². The van der Waals surface area contributed by atoms with Crippen LogP contribution in [0.1, 0.15) is 24.0 Å². The smallest absolute Gasteiger partial charge is 0.270 e. The summed E-state index contributed by atoms with van der Waals surface area (Å²) < 4.78 is 39.4. The molecule has 33 heavy (non-hydrogen) atoms. The van der Waals surface area contributed by atoms with Gasteiger partial charge in [0.25, 0.3) is 10.0 Å². The number of halogens is 1. The van der Waals surface area contributed by atoms with Crippen molar-refractivity contribution in [2.45, 2.75) is 31.6 Å². The number of aryl methyl sites for hydroxylation is 2. The lowest BCUT2D eigenvalue weighted by molar-refractivity contribution is -0.117. The van der Waals surface area contributed by atoms with E-state index in [1.807, 2.05) is 32.0 Å². The topological polar surface area (TPSA) is 72.9 Å². The molecule has 3 aromatic carbocycles. The fraction of sp³-hybridized carbons (Fsp3) is 0.240. The predicted molar refractivity (Wildman–Crippen MR) is 132 cm³/mol. The van der Waals surface area contributed by atoms with Crippen molar-refractivity contribution in [3.63, 3.8) is 0 Å². The van der Waals surface area contributed by atoms with Crippen LogP contribution in [-0.2, 0) is 14.8 Å². The largest absolute Gasteiger partial charge is 0.497 e. The van der Waals surface area contributed by atoms with Crippen LogP contribution in [-0.4, -0.2) is 28.0 Å². The van der Waals surface area contributed by atoms with E-state index in [1.54, 1.807) is 36.4 Å². The van der Waals surface area contributed by atoms with E-state index in [1.165, 1.54) is 19.2 Å². The van der Waals surface area contributed by atoms with Crippen molar-refractivity contribution >= 4 is 37.5 Å². The van der Waals surface area contributed by atoms with Gasteiger partial charge >= 0.3 is 0 Å². The summed E-state index contributed by atoms with van der Waals surface area (Å²) >= 11 is 3.46. The first-order valence-electron chi connectivity index (χ1n) is 10.4. The van der Waals surface area contributed by atoms with Crippen molar-refractivity contribution in [3.8, 4) is 11.5 Å². The highest BCUT2D eigenvalue weighted by molar-refractivity contribution is 9.10. The maximum atomic E-state index is 13.4. The Kier molecular flexibility index (Phi) is 8.15. The van der Waals surface area contributed by atoms with Crippen molar-refractivity contribution < 1.29 is 22.7 Å². The van der Waals surface area contributed by atoms with Gasteiger partial charge in [-0.2, -0.15) is 0 Å². The Morgan fingerprint density at radius 1 is 0.939 bits per heavy atom. The average Bonchev–Trinajstić information content (AvgIpc) is 2.78. The second kappa shape index (κ2) is 10.9. The standard InChI is InChI=1S/C25H26BrNO5S/c1-18-6-13-22(14-7-18)33(29,30)27(20-9-11-21(31-3)12-10-20)25(28)5-4-16-32-24-15-8-19(2)17-23(24)26/h6-15,17H,4-5,16H2,1-3H3. The molecule has 6 nitrogen and oxygen atoms in total. The number of carbonyl (C=O) groups is 1. The van der Waals surface area contributed by atoms with Crippen LogP contribution in [0.15, 0.2) is 76.1 Å². The lowest BCUT2D eigenvalue weighted by Crippen LogP contribution is -2.37. The molecular formula is C25H26BrNO5S. The Morgan fingerprint density at radius 3 is 2.18 bits per heavy atom. The molecule has 0 fully saturated rings. The van der Waals surface area contributed by atoms with Gasteiger partial charge in [0.15, 0.2) is 0 Å². The van der Waals surface area contributed by atoms with E-state index in [-0.39, 0.29) is 23.6 Å². The number of anilines is 1. The molecule has 3 aromatic rings. The van der Waals surface area contributed by atoms with Gasteiger partial charge in [0, 0.05) is 6.42 Å².